The van der Waals surface area contributed by atoms with E-state index in [2.05, 4.69) is 10.4 Å². The van der Waals surface area contributed by atoms with E-state index in [1.807, 2.05) is 31.6 Å². The topological polar surface area (TPSA) is 39.1 Å². The molecule has 5 heteroatoms. The second kappa shape index (κ2) is 6.05. The molecule has 2 rings (SSSR count). The summed E-state index contributed by atoms with van der Waals surface area (Å²) in [5.41, 5.74) is 2.42. The van der Waals surface area contributed by atoms with Gasteiger partial charge in [-0.05, 0) is 33.0 Å². The Bertz CT molecular complexity index is 595. The maximum absolute atomic E-state index is 14.4. The number of halogens is 1. The van der Waals surface area contributed by atoms with E-state index in [1.165, 1.54) is 7.11 Å². The lowest BCUT2D eigenvalue weighted by atomic mass is 10.0. The predicted molar refractivity (Wildman–Crippen MR) is 76.5 cm³/mol. The summed E-state index contributed by atoms with van der Waals surface area (Å²) < 4.78 is 21.4. The maximum atomic E-state index is 14.4. The van der Waals surface area contributed by atoms with Gasteiger partial charge in [0, 0.05) is 12.1 Å². The maximum Gasteiger partial charge on any atom is 0.170 e. The van der Waals surface area contributed by atoms with Gasteiger partial charge in [0.15, 0.2) is 11.6 Å². The zero-order chi connectivity index (χ0) is 14.7. The average Bonchev–Trinajstić information content (AvgIpc) is 2.82. The number of hydrogen-bond acceptors (Lipinski definition) is 3. The summed E-state index contributed by atoms with van der Waals surface area (Å²) in [6, 6.07) is 6.89. The molecule has 0 fully saturated rings. The Labute approximate surface area is 118 Å². The quantitative estimate of drug-likeness (QED) is 0.913. The van der Waals surface area contributed by atoms with Crippen molar-refractivity contribution in [3.63, 3.8) is 0 Å². The van der Waals surface area contributed by atoms with E-state index in [9.17, 15) is 4.39 Å². The molecule has 2 aromatic rings. The Kier molecular flexibility index (Phi) is 4.39. The van der Waals surface area contributed by atoms with Crippen molar-refractivity contribution in [3.8, 4) is 5.75 Å². The lowest BCUT2D eigenvalue weighted by Gasteiger charge is -2.19. The Morgan fingerprint density at radius 1 is 1.45 bits per heavy atom. The van der Waals surface area contributed by atoms with Crippen LogP contribution in [0.15, 0.2) is 24.3 Å². The number of methoxy groups -OCH3 is 1. The number of ether oxygens (including phenoxy) is 1. The normalized spacial score (nSPS) is 12.4. The highest BCUT2D eigenvalue weighted by atomic mass is 19.1. The number of hydrogen-bond donors (Lipinski definition) is 1. The van der Waals surface area contributed by atoms with Crippen LogP contribution >= 0.6 is 0 Å². The molecule has 0 radical (unpaired) electrons. The minimum atomic E-state index is -0.337. The lowest BCUT2D eigenvalue weighted by Crippen LogP contribution is -2.22. The van der Waals surface area contributed by atoms with Crippen molar-refractivity contribution in [3.05, 3.63) is 47.0 Å². The van der Waals surface area contributed by atoms with E-state index in [0.717, 1.165) is 17.9 Å². The molecule has 0 amide bonds. The fourth-order valence-corrected chi connectivity index (χ4v) is 2.42. The molecule has 1 heterocycles. The fourth-order valence-electron chi connectivity index (χ4n) is 2.42. The van der Waals surface area contributed by atoms with Crippen LogP contribution in [0.1, 0.15) is 29.9 Å². The molecule has 4 nitrogen and oxygen atoms in total. The summed E-state index contributed by atoms with van der Waals surface area (Å²) in [6.45, 7) is 4.70. The van der Waals surface area contributed by atoms with Gasteiger partial charge in [0.25, 0.3) is 0 Å². The van der Waals surface area contributed by atoms with Crippen LogP contribution in [0.25, 0.3) is 0 Å². The summed E-state index contributed by atoms with van der Waals surface area (Å²) in [7, 11) is 3.28. The molecular formula is C15H20FN3O. The minimum absolute atomic E-state index is 0.252. The van der Waals surface area contributed by atoms with Gasteiger partial charge < -0.3 is 10.1 Å². The molecule has 0 bridgehead atoms. The minimum Gasteiger partial charge on any atom is -0.494 e. The molecular weight excluding hydrogens is 257 g/mol. The molecule has 1 aromatic carbocycles. The van der Waals surface area contributed by atoms with Crippen molar-refractivity contribution in [2.45, 2.75) is 26.4 Å². The molecule has 0 saturated carbocycles. The average molecular weight is 277 g/mol. The van der Waals surface area contributed by atoms with Crippen molar-refractivity contribution >= 4 is 0 Å². The third kappa shape index (κ3) is 2.54. The largest absolute Gasteiger partial charge is 0.494 e. The van der Waals surface area contributed by atoms with Crippen molar-refractivity contribution in [2.75, 3.05) is 14.2 Å². The van der Waals surface area contributed by atoms with Gasteiger partial charge in [-0.2, -0.15) is 5.10 Å². The van der Waals surface area contributed by atoms with Gasteiger partial charge in [-0.3, -0.25) is 4.68 Å². The van der Waals surface area contributed by atoms with Crippen molar-refractivity contribution < 1.29 is 9.13 Å². The summed E-state index contributed by atoms with van der Waals surface area (Å²) in [4.78, 5) is 0. The summed E-state index contributed by atoms with van der Waals surface area (Å²) in [5, 5.41) is 7.58. The van der Waals surface area contributed by atoms with Gasteiger partial charge in [0.05, 0.1) is 24.5 Å². The van der Waals surface area contributed by atoms with E-state index < -0.39 is 0 Å². The third-order valence-electron chi connectivity index (χ3n) is 3.34. The van der Waals surface area contributed by atoms with Gasteiger partial charge in [0.2, 0.25) is 0 Å². The van der Waals surface area contributed by atoms with Gasteiger partial charge in [-0.25, -0.2) is 4.39 Å². The van der Waals surface area contributed by atoms with Crippen molar-refractivity contribution in [1.29, 1.82) is 0 Å². The monoisotopic (exact) mass is 277 g/mol. The van der Waals surface area contributed by atoms with Crippen LogP contribution in [-0.4, -0.2) is 23.9 Å². The first-order chi connectivity index (χ1) is 9.62. The predicted octanol–water partition coefficient (Wildman–Crippen LogP) is 2.67. The number of aromatic nitrogens is 2. The van der Waals surface area contributed by atoms with Gasteiger partial charge in [-0.15, -0.1) is 0 Å². The van der Waals surface area contributed by atoms with Crippen LogP contribution in [0.5, 0.6) is 5.75 Å². The third-order valence-corrected chi connectivity index (χ3v) is 3.34. The summed E-state index contributed by atoms with van der Waals surface area (Å²) >= 11 is 0. The first-order valence-electron chi connectivity index (χ1n) is 6.66. The number of aryl methyl sites for hydroxylation is 2. The smallest absolute Gasteiger partial charge is 0.170 e. The number of rotatable bonds is 5. The van der Waals surface area contributed by atoms with E-state index in [-0.39, 0.29) is 17.6 Å². The number of nitrogens with one attached hydrogen (secondary N) is 1. The number of nitrogens with zero attached hydrogens (tertiary/aromatic N) is 2. The highest BCUT2D eigenvalue weighted by Gasteiger charge is 2.22. The van der Waals surface area contributed by atoms with Gasteiger partial charge in [-0.1, -0.05) is 12.1 Å². The Balaban J connectivity index is 2.52. The SMILES string of the molecule is CCn1nc(C)cc1C(NC)c1cccc(OC)c1F. The van der Waals surface area contributed by atoms with E-state index >= 15 is 0 Å². The molecule has 1 N–H and O–H groups in total. The molecule has 108 valence electrons. The van der Waals surface area contributed by atoms with E-state index in [0.29, 0.717) is 5.56 Å². The van der Waals surface area contributed by atoms with Crippen LogP contribution < -0.4 is 10.1 Å². The lowest BCUT2D eigenvalue weighted by molar-refractivity contribution is 0.381. The molecule has 0 aliphatic heterocycles. The van der Waals surface area contributed by atoms with Crippen LogP contribution in [0.3, 0.4) is 0 Å². The molecule has 0 aliphatic rings. The van der Waals surface area contributed by atoms with E-state index in [4.69, 9.17) is 4.74 Å². The van der Waals surface area contributed by atoms with Crippen molar-refractivity contribution in [1.82, 2.24) is 15.1 Å². The molecule has 0 saturated heterocycles. The molecule has 20 heavy (non-hydrogen) atoms. The second-order valence-electron chi connectivity index (χ2n) is 4.61. The first kappa shape index (κ1) is 14.5. The van der Waals surface area contributed by atoms with Crippen LogP contribution in [0.2, 0.25) is 0 Å². The zero-order valence-electron chi connectivity index (χ0n) is 12.3. The summed E-state index contributed by atoms with van der Waals surface area (Å²) in [6.07, 6.45) is 0. The van der Waals surface area contributed by atoms with Crippen LogP contribution in [0, 0.1) is 12.7 Å². The zero-order valence-corrected chi connectivity index (χ0v) is 12.3. The molecule has 1 aromatic heterocycles. The van der Waals surface area contributed by atoms with Crippen LogP contribution in [-0.2, 0) is 6.54 Å². The molecule has 0 spiro atoms. The Hall–Kier alpha value is -1.88. The highest BCUT2D eigenvalue weighted by molar-refractivity contribution is 5.37. The first-order valence-corrected chi connectivity index (χ1v) is 6.66. The van der Waals surface area contributed by atoms with E-state index in [1.54, 1.807) is 18.2 Å². The standard InChI is InChI=1S/C15H20FN3O/c1-5-19-12(9-10(2)18-19)15(17-3)11-7-6-8-13(20-4)14(11)16/h6-9,15,17H,5H2,1-4H3. The molecule has 1 unspecified atom stereocenters. The molecule has 0 aliphatic carbocycles. The Morgan fingerprint density at radius 3 is 2.80 bits per heavy atom. The van der Waals surface area contributed by atoms with Crippen LogP contribution in [0.4, 0.5) is 4.39 Å². The Morgan fingerprint density at radius 2 is 2.20 bits per heavy atom. The van der Waals surface area contributed by atoms with Gasteiger partial charge >= 0.3 is 0 Å². The fraction of sp³-hybridized carbons (Fsp3) is 0.400. The molecule has 1 atom stereocenters. The number of benzene rings is 1. The highest BCUT2D eigenvalue weighted by Crippen LogP contribution is 2.29. The second-order valence-corrected chi connectivity index (χ2v) is 4.61. The van der Waals surface area contributed by atoms with Crippen molar-refractivity contribution in [2.24, 2.45) is 0 Å². The summed E-state index contributed by atoms with van der Waals surface area (Å²) in [5.74, 6) is -0.0853. The van der Waals surface area contributed by atoms with Gasteiger partial charge in [0.1, 0.15) is 0 Å².